The molecule has 0 radical (unpaired) electrons. The van der Waals surface area contributed by atoms with E-state index in [0.717, 1.165) is 7.11 Å². The number of rotatable bonds is 3. The molecule has 1 rings (SSSR count). The van der Waals surface area contributed by atoms with Crippen LogP contribution in [0.1, 0.15) is 16.1 Å². The molecule has 0 atom stereocenters. The summed E-state index contributed by atoms with van der Waals surface area (Å²) in [4.78, 5) is 14.0. The van der Waals surface area contributed by atoms with E-state index in [9.17, 15) is 26.7 Å². The molecule has 18 heavy (non-hydrogen) atoms. The largest absolute Gasteiger partial charge is 0.574 e. The van der Waals surface area contributed by atoms with E-state index < -0.39 is 42.0 Å². The molecule has 0 saturated heterocycles. The third kappa shape index (κ3) is 3.28. The molecule has 0 aliphatic heterocycles. The predicted molar refractivity (Wildman–Crippen MR) is 47.0 cm³/mol. The summed E-state index contributed by atoms with van der Waals surface area (Å²) in [6.07, 6.45) is -5.21. The number of aromatic nitrogens is 1. The highest BCUT2D eigenvalue weighted by Gasteiger charge is 2.34. The van der Waals surface area contributed by atoms with Crippen LogP contribution in [0.2, 0.25) is 0 Å². The Morgan fingerprint density at radius 1 is 1.44 bits per heavy atom. The zero-order valence-corrected chi connectivity index (χ0v) is 8.85. The van der Waals surface area contributed by atoms with E-state index in [-0.39, 0.29) is 0 Å². The number of ether oxygens (including phenoxy) is 2. The molecule has 0 unspecified atom stereocenters. The molecule has 0 aliphatic carbocycles. The van der Waals surface area contributed by atoms with Crippen molar-refractivity contribution >= 4 is 5.97 Å². The van der Waals surface area contributed by atoms with Crippen LogP contribution in [0.3, 0.4) is 0 Å². The molecule has 0 amide bonds. The van der Waals surface area contributed by atoms with Crippen molar-refractivity contribution in [2.75, 3.05) is 7.11 Å². The van der Waals surface area contributed by atoms with Gasteiger partial charge in [-0.05, 0) is 6.07 Å². The highest BCUT2D eigenvalue weighted by molar-refractivity contribution is 5.87. The van der Waals surface area contributed by atoms with Gasteiger partial charge in [-0.3, -0.25) is 0 Å². The van der Waals surface area contributed by atoms with Crippen LogP contribution in [0.25, 0.3) is 0 Å². The number of pyridine rings is 1. The number of alkyl halides is 4. The molecule has 0 N–H and O–H groups in total. The number of carbonyl (C=O) groups is 1. The molecule has 0 fully saturated rings. The lowest BCUT2D eigenvalue weighted by atomic mass is 10.2. The molecule has 0 bridgehead atoms. The highest BCUT2D eigenvalue weighted by Crippen LogP contribution is 2.26. The molecule has 0 spiro atoms. The zero-order chi connectivity index (χ0) is 13.9. The second-order valence-corrected chi connectivity index (χ2v) is 2.96. The third-order valence-corrected chi connectivity index (χ3v) is 1.75. The molecule has 0 aliphatic rings. The lowest BCUT2D eigenvalue weighted by molar-refractivity contribution is -0.277. The van der Waals surface area contributed by atoms with Gasteiger partial charge in [0, 0.05) is 5.56 Å². The topological polar surface area (TPSA) is 48.4 Å². The van der Waals surface area contributed by atoms with Gasteiger partial charge in [-0.2, -0.15) is 0 Å². The maximum absolute atomic E-state index is 13.3. The Morgan fingerprint density at radius 3 is 2.50 bits per heavy atom. The van der Waals surface area contributed by atoms with Gasteiger partial charge < -0.3 is 9.47 Å². The number of hydrogen-bond donors (Lipinski definition) is 0. The van der Waals surface area contributed by atoms with E-state index in [1.807, 2.05) is 0 Å². The third-order valence-electron chi connectivity index (χ3n) is 1.75. The lowest BCUT2D eigenvalue weighted by Crippen LogP contribution is -2.20. The summed E-state index contributed by atoms with van der Waals surface area (Å²) in [6, 6.07) is 0.643. The van der Waals surface area contributed by atoms with Gasteiger partial charge in [-0.25, -0.2) is 18.6 Å². The summed E-state index contributed by atoms with van der Waals surface area (Å²) in [5.74, 6) is -4.29. The average Bonchev–Trinajstić information content (AvgIpc) is 2.29. The molecule has 4 nitrogen and oxygen atoms in total. The minimum Gasteiger partial charge on any atom is -0.464 e. The van der Waals surface area contributed by atoms with Crippen molar-refractivity contribution in [3.05, 3.63) is 23.1 Å². The Hall–Kier alpha value is -1.93. The first-order chi connectivity index (χ1) is 8.28. The summed E-state index contributed by atoms with van der Waals surface area (Å²) in [5.41, 5.74) is -1.48. The standard InChI is InChI=1S/C9H6F5NO3/c1-17-8(16)5-2-4(3-10)6(11)7(15-5)18-9(12,13)14/h2H,3H2,1H3. The molecule has 1 aromatic rings. The Balaban J connectivity index is 3.27. The van der Waals surface area contributed by atoms with Crippen molar-refractivity contribution in [1.82, 2.24) is 4.98 Å². The summed E-state index contributed by atoms with van der Waals surface area (Å²) < 4.78 is 68.9. The van der Waals surface area contributed by atoms with Gasteiger partial charge in [0.15, 0.2) is 11.5 Å². The van der Waals surface area contributed by atoms with Crippen LogP contribution in [0.4, 0.5) is 22.0 Å². The highest BCUT2D eigenvalue weighted by atomic mass is 19.4. The summed E-state index contributed by atoms with van der Waals surface area (Å²) >= 11 is 0. The van der Waals surface area contributed by atoms with Crippen LogP contribution in [-0.2, 0) is 11.4 Å². The van der Waals surface area contributed by atoms with Gasteiger partial charge >= 0.3 is 12.3 Å². The maximum atomic E-state index is 13.3. The van der Waals surface area contributed by atoms with E-state index in [1.165, 1.54) is 0 Å². The van der Waals surface area contributed by atoms with Crippen LogP contribution >= 0.6 is 0 Å². The lowest BCUT2D eigenvalue weighted by Gasteiger charge is -2.11. The van der Waals surface area contributed by atoms with Crippen LogP contribution < -0.4 is 4.74 Å². The van der Waals surface area contributed by atoms with Crippen LogP contribution in [0, 0.1) is 5.82 Å². The van der Waals surface area contributed by atoms with E-state index in [4.69, 9.17) is 0 Å². The number of nitrogens with zero attached hydrogens (tertiary/aromatic N) is 1. The Kier molecular flexibility index (Phi) is 4.04. The molecule has 0 saturated carbocycles. The number of esters is 1. The fourth-order valence-electron chi connectivity index (χ4n) is 1.04. The van der Waals surface area contributed by atoms with Gasteiger partial charge in [0.25, 0.3) is 5.88 Å². The summed E-state index contributed by atoms with van der Waals surface area (Å²) in [5, 5.41) is 0. The van der Waals surface area contributed by atoms with Gasteiger partial charge in [-0.15, -0.1) is 13.2 Å². The number of carbonyl (C=O) groups excluding carboxylic acids is 1. The van der Waals surface area contributed by atoms with Crippen LogP contribution in [0.15, 0.2) is 6.07 Å². The molecule has 0 aromatic carbocycles. The first-order valence-electron chi connectivity index (χ1n) is 4.38. The van der Waals surface area contributed by atoms with E-state index in [1.54, 1.807) is 0 Å². The van der Waals surface area contributed by atoms with E-state index in [0.29, 0.717) is 6.07 Å². The fraction of sp³-hybridized carbons (Fsp3) is 0.333. The second-order valence-electron chi connectivity index (χ2n) is 2.96. The summed E-state index contributed by atoms with van der Waals surface area (Å²) in [6.45, 7) is -1.42. The molecular weight excluding hydrogens is 265 g/mol. The predicted octanol–water partition coefficient (Wildman–Crippen LogP) is 2.38. The van der Waals surface area contributed by atoms with E-state index in [2.05, 4.69) is 14.5 Å². The van der Waals surface area contributed by atoms with Crippen molar-refractivity contribution in [2.24, 2.45) is 0 Å². The quantitative estimate of drug-likeness (QED) is 0.625. The van der Waals surface area contributed by atoms with Gasteiger partial charge in [0.05, 0.1) is 7.11 Å². The second kappa shape index (κ2) is 5.15. The van der Waals surface area contributed by atoms with Crippen molar-refractivity contribution in [1.29, 1.82) is 0 Å². The maximum Gasteiger partial charge on any atom is 0.574 e. The Bertz CT molecular complexity index is 460. The first-order valence-corrected chi connectivity index (χ1v) is 4.38. The van der Waals surface area contributed by atoms with Gasteiger partial charge in [-0.1, -0.05) is 0 Å². The number of methoxy groups -OCH3 is 1. The molecular formula is C9H6F5NO3. The van der Waals surface area contributed by atoms with Crippen molar-refractivity contribution < 1.29 is 36.2 Å². The minimum atomic E-state index is -5.21. The molecule has 1 aromatic heterocycles. The minimum absolute atomic E-state index is 0.643. The van der Waals surface area contributed by atoms with Crippen LogP contribution in [-0.4, -0.2) is 24.4 Å². The SMILES string of the molecule is COC(=O)c1cc(CF)c(F)c(OC(F)(F)F)n1. The van der Waals surface area contributed by atoms with Gasteiger partial charge in [0.1, 0.15) is 6.67 Å². The molecule has 1 heterocycles. The van der Waals surface area contributed by atoms with E-state index >= 15 is 0 Å². The van der Waals surface area contributed by atoms with Crippen molar-refractivity contribution in [2.45, 2.75) is 13.0 Å². The smallest absolute Gasteiger partial charge is 0.464 e. The van der Waals surface area contributed by atoms with Gasteiger partial charge in [0.2, 0.25) is 0 Å². The summed E-state index contributed by atoms with van der Waals surface area (Å²) in [7, 11) is 0.937. The Morgan fingerprint density at radius 2 is 2.06 bits per heavy atom. The first kappa shape index (κ1) is 14.1. The number of hydrogen-bond acceptors (Lipinski definition) is 4. The Labute approximate surface area is 97.3 Å². The van der Waals surface area contributed by atoms with Crippen molar-refractivity contribution in [3.63, 3.8) is 0 Å². The molecule has 100 valence electrons. The average molecular weight is 271 g/mol. The normalized spacial score (nSPS) is 11.2. The van der Waals surface area contributed by atoms with Crippen molar-refractivity contribution in [3.8, 4) is 5.88 Å². The number of halogens is 5. The fourth-order valence-corrected chi connectivity index (χ4v) is 1.04. The zero-order valence-electron chi connectivity index (χ0n) is 8.85. The van der Waals surface area contributed by atoms with Crippen LogP contribution in [0.5, 0.6) is 5.88 Å². The molecule has 9 heteroatoms. The monoisotopic (exact) mass is 271 g/mol.